The molecule has 41 heavy (non-hydrogen) atoms. The quantitative estimate of drug-likeness (QED) is 0.230. The lowest BCUT2D eigenvalue weighted by Gasteiger charge is -2.46. The highest BCUT2D eigenvalue weighted by Crippen LogP contribution is 2.61. The first-order chi connectivity index (χ1) is 20.0. The van der Waals surface area contributed by atoms with Crippen LogP contribution in [0.2, 0.25) is 0 Å². The first kappa shape index (κ1) is 26.6. The summed E-state index contributed by atoms with van der Waals surface area (Å²) in [5.74, 6) is 1.73. The molecule has 2 aliphatic rings. The van der Waals surface area contributed by atoms with E-state index in [0.29, 0.717) is 28.6 Å². The van der Waals surface area contributed by atoms with E-state index in [1.165, 1.54) is 0 Å². The lowest BCUT2D eigenvalue weighted by molar-refractivity contribution is 0.0930. The fourth-order valence-electron chi connectivity index (χ4n) is 6.71. The van der Waals surface area contributed by atoms with E-state index in [4.69, 9.17) is 23.9 Å². The zero-order chi connectivity index (χ0) is 28.7. The molecule has 4 atom stereocenters. The van der Waals surface area contributed by atoms with E-state index in [-0.39, 0.29) is 23.7 Å². The van der Waals surface area contributed by atoms with Gasteiger partial charge in [-0.15, -0.1) is 0 Å². The fraction of sp³-hybridized carbons (Fsp3) is 0.257. The van der Waals surface area contributed by atoms with Gasteiger partial charge in [-0.3, -0.25) is 9.79 Å². The van der Waals surface area contributed by atoms with Crippen LogP contribution in [0.4, 0.5) is 0 Å². The minimum absolute atomic E-state index is 0.0501. The van der Waals surface area contributed by atoms with Crippen molar-refractivity contribution in [2.75, 3.05) is 28.4 Å². The van der Waals surface area contributed by atoms with Crippen molar-refractivity contribution in [3.8, 4) is 23.0 Å². The number of hydrogen-bond donors (Lipinski definition) is 0. The van der Waals surface area contributed by atoms with Gasteiger partial charge in [0, 0.05) is 34.7 Å². The zero-order valence-corrected chi connectivity index (χ0v) is 23.9. The molecule has 0 saturated carbocycles. The topological polar surface area (TPSA) is 66.3 Å². The van der Waals surface area contributed by atoms with Gasteiger partial charge in [-0.05, 0) is 47.4 Å². The SMILES string of the molecule is COc1cc(OC)c2c(c1)C1C(N=C2C)c2cc(OC)c(OC)cc2[C@H](C(=O)c2ccccc2)[C@H]1c1ccccc1. The largest absolute Gasteiger partial charge is 0.497 e. The van der Waals surface area contributed by atoms with Crippen molar-refractivity contribution in [3.05, 3.63) is 118 Å². The molecule has 1 aliphatic heterocycles. The predicted molar refractivity (Wildman–Crippen MR) is 159 cm³/mol. The van der Waals surface area contributed by atoms with Gasteiger partial charge >= 0.3 is 0 Å². The summed E-state index contributed by atoms with van der Waals surface area (Å²) in [4.78, 5) is 20.0. The molecule has 0 radical (unpaired) electrons. The monoisotopic (exact) mass is 547 g/mol. The molecule has 6 nitrogen and oxygen atoms in total. The molecule has 4 aromatic rings. The third kappa shape index (κ3) is 4.34. The number of Topliss-reactive ketones (excluding diaryl/α,β-unsaturated/α-hetero) is 1. The Morgan fingerprint density at radius 3 is 1.88 bits per heavy atom. The number of rotatable bonds is 7. The molecule has 0 fully saturated rings. The van der Waals surface area contributed by atoms with Crippen LogP contribution in [0.15, 0.2) is 89.9 Å². The average molecular weight is 548 g/mol. The van der Waals surface area contributed by atoms with E-state index < -0.39 is 5.92 Å². The van der Waals surface area contributed by atoms with Crippen molar-refractivity contribution in [2.45, 2.75) is 30.7 Å². The number of carbonyl (C=O) groups is 1. The number of nitrogens with zero attached hydrogens (tertiary/aromatic N) is 1. The molecule has 0 saturated heterocycles. The van der Waals surface area contributed by atoms with Crippen LogP contribution in [0.1, 0.15) is 68.9 Å². The number of hydrogen-bond acceptors (Lipinski definition) is 6. The van der Waals surface area contributed by atoms with Gasteiger partial charge in [0.15, 0.2) is 17.3 Å². The van der Waals surface area contributed by atoms with Crippen molar-refractivity contribution in [1.82, 2.24) is 0 Å². The molecule has 6 rings (SSSR count). The van der Waals surface area contributed by atoms with E-state index in [2.05, 4.69) is 18.2 Å². The molecule has 4 aromatic carbocycles. The molecule has 0 N–H and O–H groups in total. The molecule has 0 aromatic heterocycles. The standard InChI is InChI=1S/C35H33NO5/c1-20-30-26(16-23(38-2)17-29(30)41-5)32-31(21-12-8-6-9-13-21)33(35(37)22-14-10-7-11-15-22)24-18-27(39-3)28(40-4)19-25(24)34(32)36-20/h6-19,31-34H,1-5H3/t31-,32?,33-,34?/m0/s1. The van der Waals surface area contributed by atoms with Crippen LogP contribution in [0, 0.1) is 0 Å². The van der Waals surface area contributed by atoms with Gasteiger partial charge in [0.1, 0.15) is 11.5 Å². The Morgan fingerprint density at radius 1 is 0.659 bits per heavy atom. The summed E-state index contributed by atoms with van der Waals surface area (Å²) in [5.41, 5.74) is 6.48. The van der Waals surface area contributed by atoms with E-state index in [1.807, 2.05) is 73.7 Å². The summed E-state index contributed by atoms with van der Waals surface area (Å²) in [5, 5.41) is 0. The molecule has 208 valence electrons. The van der Waals surface area contributed by atoms with Gasteiger partial charge < -0.3 is 18.9 Å². The van der Waals surface area contributed by atoms with Crippen molar-refractivity contribution in [3.63, 3.8) is 0 Å². The Balaban J connectivity index is 1.71. The van der Waals surface area contributed by atoms with Crippen molar-refractivity contribution < 1.29 is 23.7 Å². The van der Waals surface area contributed by atoms with Crippen LogP contribution < -0.4 is 18.9 Å². The minimum atomic E-state index is -0.505. The Hall–Kier alpha value is -4.58. The maximum atomic E-state index is 14.6. The van der Waals surface area contributed by atoms with Gasteiger partial charge in [-0.2, -0.15) is 0 Å². The molecule has 0 spiro atoms. The second-order valence-corrected chi connectivity index (χ2v) is 10.5. The number of ether oxygens (including phenoxy) is 4. The summed E-state index contributed by atoms with van der Waals surface area (Å²) in [6.07, 6.45) is 0. The fourth-order valence-corrected chi connectivity index (χ4v) is 6.71. The highest BCUT2D eigenvalue weighted by Gasteiger charge is 2.50. The summed E-state index contributed by atoms with van der Waals surface area (Å²) in [6.45, 7) is 2.02. The van der Waals surface area contributed by atoms with E-state index >= 15 is 0 Å². The third-order valence-electron chi connectivity index (χ3n) is 8.47. The van der Waals surface area contributed by atoms with Crippen LogP contribution in [0.25, 0.3) is 0 Å². The van der Waals surface area contributed by atoms with Crippen LogP contribution in [0.3, 0.4) is 0 Å². The Bertz CT molecular complexity index is 1630. The molecule has 0 amide bonds. The molecular formula is C35H33NO5. The molecule has 1 aliphatic carbocycles. The van der Waals surface area contributed by atoms with Crippen LogP contribution in [-0.4, -0.2) is 39.9 Å². The van der Waals surface area contributed by atoms with Crippen LogP contribution in [-0.2, 0) is 0 Å². The molecule has 6 heteroatoms. The van der Waals surface area contributed by atoms with Gasteiger partial charge in [0.25, 0.3) is 0 Å². The van der Waals surface area contributed by atoms with Crippen molar-refractivity contribution in [2.24, 2.45) is 4.99 Å². The Morgan fingerprint density at radius 2 is 1.27 bits per heavy atom. The first-order valence-electron chi connectivity index (χ1n) is 13.7. The smallest absolute Gasteiger partial charge is 0.170 e. The third-order valence-corrected chi connectivity index (χ3v) is 8.47. The minimum Gasteiger partial charge on any atom is -0.497 e. The normalized spacial score (nSPS) is 20.6. The van der Waals surface area contributed by atoms with Gasteiger partial charge in [0.05, 0.1) is 40.4 Å². The molecule has 0 bridgehead atoms. The number of ketones is 1. The van der Waals surface area contributed by atoms with E-state index in [1.54, 1.807) is 28.4 Å². The highest BCUT2D eigenvalue weighted by atomic mass is 16.5. The maximum absolute atomic E-state index is 14.6. The molecular weight excluding hydrogens is 514 g/mol. The zero-order valence-electron chi connectivity index (χ0n) is 23.9. The van der Waals surface area contributed by atoms with Crippen LogP contribution in [0.5, 0.6) is 23.0 Å². The predicted octanol–water partition coefficient (Wildman–Crippen LogP) is 7.13. The first-order valence-corrected chi connectivity index (χ1v) is 13.7. The second kappa shape index (κ2) is 10.8. The number of methoxy groups -OCH3 is 4. The van der Waals surface area contributed by atoms with Gasteiger partial charge in [0.2, 0.25) is 0 Å². The average Bonchev–Trinajstić information content (AvgIpc) is 3.03. The molecule has 2 unspecified atom stereocenters. The number of aliphatic imine (C=N–C) groups is 1. The lowest BCUT2D eigenvalue weighted by Crippen LogP contribution is -2.36. The summed E-state index contributed by atoms with van der Waals surface area (Å²) in [7, 11) is 6.57. The number of benzene rings is 4. The van der Waals surface area contributed by atoms with Gasteiger partial charge in [-0.25, -0.2) is 0 Å². The van der Waals surface area contributed by atoms with Crippen molar-refractivity contribution in [1.29, 1.82) is 0 Å². The second-order valence-electron chi connectivity index (χ2n) is 10.5. The van der Waals surface area contributed by atoms with Crippen molar-refractivity contribution >= 4 is 11.5 Å². The summed E-state index contributed by atoms with van der Waals surface area (Å²) >= 11 is 0. The Labute approximate surface area is 240 Å². The lowest BCUT2D eigenvalue weighted by atomic mass is 9.59. The summed E-state index contributed by atoms with van der Waals surface area (Å²) < 4.78 is 23.1. The highest BCUT2D eigenvalue weighted by molar-refractivity contribution is 6.05. The van der Waals surface area contributed by atoms with Crippen LogP contribution >= 0.6 is 0 Å². The Kier molecular flexibility index (Phi) is 7.00. The van der Waals surface area contributed by atoms with E-state index in [0.717, 1.165) is 33.5 Å². The summed E-state index contributed by atoms with van der Waals surface area (Å²) in [6, 6.07) is 27.5. The number of fused-ring (bicyclic) bond motifs is 5. The number of carbonyl (C=O) groups excluding carboxylic acids is 1. The molecule has 1 heterocycles. The van der Waals surface area contributed by atoms with E-state index in [9.17, 15) is 4.79 Å². The maximum Gasteiger partial charge on any atom is 0.170 e. The van der Waals surface area contributed by atoms with Gasteiger partial charge in [-0.1, -0.05) is 60.7 Å².